The van der Waals surface area contributed by atoms with Gasteiger partial charge in [0, 0.05) is 0 Å². The topological polar surface area (TPSA) is 166 Å². The van der Waals surface area contributed by atoms with Gasteiger partial charge in [-0.2, -0.15) is 0 Å². The van der Waals surface area contributed by atoms with Crippen LogP contribution in [-0.4, -0.2) is 80.0 Å². The maximum absolute atomic E-state index is 12.2. The number of allylic oxidation sites excluding steroid dienone is 1. The molecule has 1 fully saturated rings. The van der Waals surface area contributed by atoms with Crippen LogP contribution in [0.5, 0.6) is 17.2 Å². The molecule has 10 nitrogen and oxygen atoms in total. The summed E-state index contributed by atoms with van der Waals surface area (Å²) in [6, 6.07) is 1.80. The molecule has 0 amide bonds. The molecule has 6 N–H and O–H groups in total. The van der Waals surface area contributed by atoms with Crippen molar-refractivity contribution in [2.75, 3.05) is 6.61 Å². The van der Waals surface area contributed by atoms with Gasteiger partial charge in [0.15, 0.2) is 23.5 Å². The molecule has 1 aromatic carbocycles. The molecule has 30 heavy (non-hydrogen) atoms. The average molecular weight is 426 g/mol. The van der Waals surface area contributed by atoms with Crippen molar-refractivity contribution < 1.29 is 49.6 Å². The number of ether oxygens (including phenoxy) is 3. The van der Waals surface area contributed by atoms with Crippen LogP contribution in [0.4, 0.5) is 0 Å². The van der Waals surface area contributed by atoms with E-state index in [9.17, 15) is 35.4 Å². The SMILES string of the molecule is CC1=CCC(O[C@@H]2O[C@H](COC(=O)c3cc(O)c(O)c(O)c3)[C@@H](O)[C@H](O)[C@H]2O)CC1. The predicted octanol–water partition coefficient (Wildman–Crippen LogP) is 0.283. The predicted molar refractivity (Wildman–Crippen MR) is 101 cm³/mol. The molecule has 0 aromatic heterocycles. The Hall–Kier alpha value is -2.37. The number of aliphatic hydroxyl groups excluding tert-OH is 3. The summed E-state index contributed by atoms with van der Waals surface area (Å²) in [6.45, 7) is 1.52. The fraction of sp³-hybridized carbons (Fsp3) is 0.550. The van der Waals surface area contributed by atoms with E-state index in [0.29, 0.717) is 6.42 Å². The van der Waals surface area contributed by atoms with Gasteiger partial charge in [0.1, 0.15) is 31.0 Å². The van der Waals surface area contributed by atoms with E-state index in [-0.39, 0.29) is 11.7 Å². The zero-order valence-electron chi connectivity index (χ0n) is 16.3. The number of rotatable bonds is 5. The quantitative estimate of drug-likeness (QED) is 0.219. The molecule has 0 radical (unpaired) electrons. The number of aromatic hydroxyl groups is 3. The fourth-order valence-electron chi connectivity index (χ4n) is 3.38. The van der Waals surface area contributed by atoms with Crippen molar-refractivity contribution in [3.05, 3.63) is 29.3 Å². The highest BCUT2D eigenvalue weighted by Gasteiger charge is 2.45. The third-order valence-corrected chi connectivity index (χ3v) is 5.27. The molecular weight excluding hydrogens is 400 g/mol. The number of hydrogen-bond donors (Lipinski definition) is 6. The van der Waals surface area contributed by atoms with Crippen LogP contribution < -0.4 is 0 Å². The van der Waals surface area contributed by atoms with E-state index in [0.717, 1.165) is 25.0 Å². The number of carbonyl (C=O) groups is 1. The Morgan fingerprint density at radius 2 is 1.77 bits per heavy atom. The molecule has 3 rings (SSSR count). The summed E-state index contributed by atoms with van der Waals surface area (Å²) in [4.78, 5) is 12.2. The molecule has 10 heteroatoms. The maximum atomic E-state index is 12.2. The lowest BCUT2D eigenvalue weighted by atomic mass is 9.97. The van der Waals surface area contributed by atoms with E-state index in [1.54, 1.807) is 0 Å². The van der Waals surface area contributed by atoms with Gasteiger partial charge in [-0.25, -0.2) is 4.79 Å². The van der Waals surface area contributed by atoms with E-state index >= 15 is 0 Å². The third-order valence-electron chi connectivity index (χ3n) is 5.27. The van der Waals surface area contributed by atoms with Crippen LogP contribution in [0.25, 0.3) is 0 Å². The molecule has 2 aliphatic rings. The van der Waals surface area contributed by atoms with Crippen molar-refractivity contribution in [2.24, 2.45) is 0 Å². The van der Waals surface area contributed by atoms with Gasteiger partial charge in [0.05, 0.1) is 11.7 Å². The number of phenols is 3. The van der Waals surface area contributed by atoms with Gasteiger partial charge in [-0.05, 0) is 38.3 Å². The Balaban J connectivity index is 1.62. The normalized spacial score (nSPS) is 31.8. The van der Waals surface area contributed by atoms with Gasteiger partial charge in [0.25, 0.3) is 0 Å². The molecular formula is C20H26O10. The molecule has 0 bridgehead atoms. The van der Waals surface area contributed by atoms with Crippen molar-refractivity contribution in [2.45, 2.75) is 63.0 Å². The number of carbonyl (C=O) groups excluding carboxylic acids is 1. The maximum Gasteiger partial charge on any atom is 0.338 e. The Bertz CT molecular complexity index is 784. The molecule has 0 saturated carbocycles. The van der Waals surface area contributed by atoms with Crippen LogP contribution in [0.2, 0.25) is 0 Å². The highest BCUT2D eigenvalue weighted by Crippen LogP contribution is 2.35. The second-order valence-electron chi connectivity index (χ2n) is 7.56. The molecule has 1 aromatic rings. The summed E-state index contributed by atoms with van der Waals surface area (Å²) in [6.07, 6.45) is -3.00. The van der Waals surface area contributed by atoms with Gasteiger partial charge < -0.3 is 44.8 Å². The lowest BCUT2D eigenvalue weighted by molar-refractivity contribution is -0.311. The summed E-state index contributed by atoms with van der Waals surface area (Å²) in [5.74, 6) is -3.16. The summed E-state index contributed by atoms with van der Waals surface area (Å²) in [5, 5.41) is 58.8. The van der Waals surface area contributed by atoms with Gasteiger partial charge in [-0.1, -0.05) is 11.6 Å². The molecule has 166 valence electrons. The van der Waals surface area contributed by atoms with Crippen LogP contribution in [0.1, 0.15) is 36.5 Å². The molecule has 1 aliphatic heterocycles. The first-order valence-electron chi connectivity index (χ1n) is 9.60. The number of esters is 1. The van der Waals surface area contributed by atoms with Crippen LogP contribution in [0.3, 0.4) is 0 Å². The van der Waals surface area contributed by atoms with Crippen molar-refractivity contribution in [1.82, 2.24) is 0 Å². The molecule has 0 spiro atoms. The van der Waals surface area contributed by atoms with Crippen LogP contribution in [0.15, 0.2) is 23.8 Å². The molecule has 1 aliphatic carbocycles. The highest BCUT2D eigenvalue weighted by atomic mass is 16.7. The zero-order valence-corrected chi connectivity index (χ0v) is 16.3. The second kappa shape index (κ2) is 9.19. The first-order valence-corrected chi connectivity index (χ1v) is 9.60. The molecule has 1 heterocycles. The second-order valence-corrected chi connectivity index (χ2v) is 7.56. The van der Waals surface area contributed by atoms with E-state index < -0.39 is 60.5 Å². The first-order chi connectivity index (χ1) is 14.2. The fourth-order valence-corrected chi connectivity index (χ4v) is 3.38. The van der Waals surface area contributed by atoms with Crippen LogP contribution in [0, 0.1) is 0 Å². The summed E-state index contributed by atoms with van der Waals surface area (Å²) in [7, 11) is 0. The van der Waals surface area contributed by atoms with E-state index in [1.807, 2.05) is 13.0 Å². The molecule has 6 atom stereocenters. The molecule has 1 saturated heterocycles. The van der Waals surface area contributed by atoms with Gasteiger partial charge in [-0.3, -0.25) is 0 Å². The Kier molecular flexibility index (Phi) is 6.84. The minimum absolute atomic E-state index is 0.220. The monoisotopic (exact) mass is 426 g/mol. The van der Waals surface area contributed by atoms with Gasteiger partial charge in [-0.15, -0.1) is 0 Å². The number of aliphatic hydroxyl groups is 3. The average Bonchev–Trinajstić information content (AvgIpc) is 2.72. The lowest BCUT2D eigenvalue weighted by Crippen LogP contribution is -2.60. The summed E-state index contributed by atoms with van der Waals surface area (Å²) in [5.41, 5.74) is 0.998. The highest BCUT2D eigenvalue weighted by molar-refractivity contribution is 5.91. The van der Waals surface area contributed by atoms with E-state index in [1.165, 1.54) is 5.57 Å². The van der Waals surface area contributed by atoms with Gasteiger partial charge in [0.2, 0.25) is 0 Å². The number of benzene rings is 1. The third kappa shape index (κ3) is 4.85. The minimum atomic E-state index is -1.57. The number of phenolic OH excluding ortho intramolecular Hbond substituents is 3. The molecule has 1 unspecified atom stereocenters. The van der Waals surface area contributed by atoms with Gasteiger partial charge >= 0.3 is 5.97 Å². The van der Waals surface area contributed by atoms with Crippen LogP contribution in [-0.2, 0) is 14.2 Å². The Morgan fingerprint density at radius 1 is 1.10 bits per heavy atom. The van der Waals surface area contributed by atoms with Crippen molar-refractivity contribution in [1.29, 1.82) is 0 Å². The lowest BCUT2D eigenvalue weighted by Gasteiger charge is -2.41. The summed E-state index contributed by atoms with van der Waals surface area (Å²) >= 11 is 0. The van der Waals surface area contributed by atoms with Crippen LogP contribution >= 0.6 is 0 Å². The standard InChI is InChI=1S/C20H26O10/c1-9-2-4-11(5-3-9)29-20-18(26)17(25)16(24)14(30-20)8-28-19(27)10-6-12(21)15(23)13(22)7-10/h2,6-7,11,14,16-18,20-26H,3-5,8H2,1H3/t11?,14-,16-,17+,18-,20-/m1/s1. The zero-order chi connectivity index (χ0) is 22.0. The van der Waals surface area contributed by atoms with Crippen molar-refractivity contribution in [3.63, 3.8) is 0 Å². The van der Waals surface area contributed by atoms with Crippen molar-refractivity contribution in [3.8, 4) is 17.2 Å². The smallest absolute Gasteiger partial charge is 0.338 e. The largest absolute Gasteiger partial charge is 0.504 e. The Labute approximate surface area is 172 Å². The summed E-state index contributed by atoms with van der Waals surface area (Å²) < 4.78 is 16.3. The van der Waals surface area contributed by atoms with E-state index in [2.05, 4.69) is 0 Å². The first kappa shape index (κ1) is 22.3. The Morgan fingerprint density at radius 3 is 2.37 bits per heavy atom. The van der Waals surface area contributed by atoms with E-state index in [4.69, 9.17) is 14.2 Å². The number of hydrogen-bond acceptors (Lipinski definition) is 10. The minimum Gasteiger partial charge on any atom is -0.504 e. The van der Waals surface area contributed by atoms with Crippen molar-refractivity contribution >= 4 is 5.97 Å².